The maximum absolute atomic E-state index is 12.0. The molecule has 4 nitrogen and oxygen atoms in total. The summed E-state index contributed by atoms with van der Waals surface area (Å²) in [6.07, 6.45) is 2.96. The molecule has 0 aromatic rings. The zero-order valence-corrected chi connectivity index (χ0v) is 10.3. The minimum absolute atomic E-state index is 0.0198. The lowest BCUT2D eigenvalue weighted by Gasteiger charge is -2.35. The van der Waals surface area contributed by atoms with Gasteiger partial charge in [-0.25, -0.2) is 4.79 Å². The van der Waals surface area contributed by atoms with Crippen LogP contribution in [0.5, 0.6) is 0 Å². The van der Waals surface area contributed by atoms with Crippen molar-refractivity contribution in [2.24, 2.45) is 5.92 Å². The summed E-state index contributed by atoms with van der Waals surface area (Å²) >= 11 is 0. The molecular formula is C12H21NO3. The van der Waals surface area contributed by atoms with Crippen LogP contribution in [0.3, 0.4) is 0 Å². The fourth-order valence-electron chi connectivity index (χ4n) is 2.93. The molecule has 1 saturated carbocycles. The molecular weight excluding hydrogens is 206 g/mol. The minimum Gasteiger partial charge on any atom is -0.444 e. The Balaban J connectivity index is 2.06. The van der Waals surface area contributed by atoms with Gasteiger partial charge >= 0.3 is 6.09 Å². The van der Waals surface area contributed by atoms with Crippen LogP contribution in [0, 0.1) is 5.92 Å². The number of ether oxygens (including phenoxy) is 1. The zero-order chi connectivity index (χ0) is 11.9. The molecule has 1 aliphatic heterocycles. The van der Waals surface area contributed by atoms with Crippen molar-refractivity contribution in [1.82, 2.24) is 4.90 Å². The first-order valence-electron chi connectivity index (χ1n) is 6.04. The first-order chi connectivity index (χ1) is 7.42. The summed E-state index contributed by atoms with van der Waals surface area (Å²) in [6, 6.07) is 0.269. The maximum atomic E-state index is 12.0. The number of amides is 1. The number of likely N-dealkylation sites (tertiary alicyclic amines) is 1. The van der Waals surface area contributed by atoms with E-state index < -0.39 is 5.60 Å². The molecule has 4 heteroatoms. The number of carbonyl (C=O) groups excluding carboxylic acids is 1. The van der Waals surface area contributed by atoms with Crippen LogP contribution < -0.4 is 0 Å². The van der Waals surface area contributed by atoms with Gasteiger partial charge in [-0.05, 0) is 46.0 Å². The summed E-state index contributed by atoms with van der Waals surface area (Å²) in [5, 5.41) is 9.36. The molecule has 2 fully saturated rings. The van der Waals surface area contributed by atoms with Crippen molar-refractivity contribution in [3.63, 3.8) is 0 Å². The minimum atomic E-state index is -0.459. The number of carbonyl (C=O) groups is 1. The Kier molecular flexibility index (Phi) is 2.86. The van der Waals surface area contributed by atoms with Crippen LogP contribution >= 0.6 is 0 Å². The molecule has 2 rings (SSSR count). The van der Waals surface area contributed by atoms with Gasteiger partial charge in [0.25, 0.3) is 0 Å². The molecule has 1 saturated heterocycles. The number of fused-ring (bicyclic) bond motifs is 2. The monoisotopic (exact) mass is 227 g/mol. The highest BCUT2D eigenvalue weighted by molar-refractivity contribution is 5.69. The summed E-state index contributed by atoms with van der Waals surface area (Å²) in [6.45, 7) is 5.66. The normalized spacial score (nSPS) is 33.2. The quantitative estimate of drug-likeness (QED) is 0.742. The van der Waals surface area contributed by atoms with Crippen LogP contribution in [0.15, 0.2) is 0 Å². The standard InChI is InChI=1S/C12H21NO3/c1-12(2,3)16-11(15)13-9-5-4-8(6-9)10(13)7-14/h8-10,14H,4-7H2,1-3H3/t8?,9-,10?/m1/s1. The lowest BCUT2D eigenvalue weighted by molar-refractivity contribution is -0.000465. The van der Waals surface area contributed by atoms with E-state index in [0.717, 1.165) is 19.3 Å². The number of rotatable bonds is 1. The summed E-state index contributed by atoms with van der Waals surface area (Å²) in [5.41, 5.74) is -0.459. The Morgan fingerprint density at radius 1 is 1.44 bits per heavy atom. The molecule has 2 aliphatic rings. The van der Waals surface area contributed by atoms with E-state index in [2.05, 4.69) is 0 Å². The zero-order valence-electron chi connectivity index (χ0n) is 10.3. The first-order valence-corrected chi connectivity index (χ1v) is 6.04. The third-order valence-corrected chi connectivity index (χ3v) is 3.53. The Hall–Kier alpha value is -0.770. The van der Waals surface area contributed by atoms with Crippen molar-refractivity contribution in [1.29, 1.82) is 0 Å². The molecule has 3 atom stereocenters. The van der Waals surface area contributed by atoms with Gasteiger partial charge in [0.15, 0.2) is 0 Å². The van der Waals surface area contributed by atoms with Crippen molar-refractivity contribution in [3.8, 4) is 0 Å². The molecule has 0 aromatic heterocycles. The molecule has 16 heavy (non-hydrogen) atoms. The van der Waals surface area contributed by atoms with Crippen LogP contribution in [0.2, 0.25) is 0 Å². The van der Waals surface area contributed by atoms with Crippen LogP contribution in [0.4, 0.5) is 4.79 Å². The van der Waals surface area contributed by atoms with E-state index in [1.165, 1.54) is 0 Å². The molecule has 0 aromatic carbocycles. The van der Waals surface area contributed by atoms with Gasteiger partial charge in [-0.3, -0.25) is 4.90 Å². The van der Waals surface area contributed by atoms with Crippen molar-refractivity contribution in [2.45, 2.75) is 57.7 Å². The Morgan fingerprint density at radius 3 is 2.69 bits per heavy atom. The number of piperidine rings is 1. The SMILES string of the molecule is CC(C)(C)OC(=O)N1C(CO)C2CC[C@@H]1C2. The smallest absolute Gasteiger partial charge is 0.410 e. The van der Waals surface area contributed by atoms with Crippen molar-refractivity contribution < 1.29 is 14.6 Å². The second kappa shape index (κ2) is 3.91. The van der Waals surface area contributed by atoms with Gasteiger partial charge in [-0.15, -0.1) is 0 Å². The van der Waals surface area contributed by atoms with Crippen LogP contribution in [-0.2, 0) is 4.74 Å². The number of hydrogen-bond donors (Lipinski definition) is 1. The van der Waals surface area contributed by atoms with Crippen LogP contribution in [0.25, 0.3) is 0 Å². The van der Waals surface area contributed by atoms with Gasteiger partial charge < -0.3 is 9.84 Å². The molecule has 2 bridgehead atoms. The van der Waals surface area contributed by atoms with E-state index in [1.54, 1.807) is 4.90 Å². The van der Waals surface area contributed by atoms with E-state index in [0.29, 0.717) is 5.92 Å². The van der Waals surface area contributed by atoms with Crippen molar-refractivity contribution in [3.05, 3.63) is 0 Å². The molecule has 1 amide bonds. The van der Waals surface area contributed by atoms with Gasteiger partial charge in [-0.2, -0.15) is 0 Å². The molecule has 0 spiro atoms. The van der Waals surface area contributed by atoms with E-state index in [1.807, 2.05) is 20.8 Å². The van der Waals surface area contributed by atoms with E-state index in [4.69, 9.17) is 4.74 Å². The fourth-order valence-corrected chi connectivity index (χ4v) is 2.93. The summed E-state index contributed by atoms with van der Waals surface area (Å²) in [5.74, 6) is 0.475. The highest BCUT2D eigenvalue weighted by Gasteiger charge is 2.48. The topological polar surface area (TPSA) is 49.8 Å². The van der Waals surface area contributed by atoms with E-state index in [-0.39, 0.29) is 24.8 Å². The molecule has 1 heterocycles. The Labute approximate surface area is 96.6 Å². The fraction of sp³-hybridized carbons (Fsp3) is 0.917. The second-order valence-corrected chi connectivity index (χ2v) is 5.86. The lowest BCUT2D eigenvalue weighted by Crippen LogP contribution is -2.48. The average molecular weight is 227 g/mol. The number of nitrogens with zero attached hydrogens (tertiary/aromatic N) is 1. The van der Waals surface area contributed by atoms with Crippen molar-refractivity contribution >= 4 is 6.09 Å². The van der Waals surface area contributed by atoms with Gasteiger partial charge in [-0.1, -0.05) is 0 Å². The average Bonchev–Trinajstić information content (AvgIpc) is 2.72. The third kappa shape index (κ3) is 2.03. The van der Waals surface area contributed by atoms with Gasteiger partial charge in [0, 0.05) is 6.04 Å². The molecule has 0 radical (unpaired) electrons. The highest BCUT2D eigenvalue weighted by Crippen LogP contribution is 2.42. The molecule has 92 valence electrons. The largest absolute Gasteiger partial charge is 0.444 e. The number of aliphatic hydroxyl groups excluding tert-OH is 1. The summed E-state index contributed by atoms with van der Waals surface area (Å²) in [7, 11) is 0. The van der Waals surface area contributed by atoms with E-state index in [9.17, 15) is 9.90 Å². The Morgan fingerprint density at radius 2 is 2.12 bits per heavy atom. The maximum Gasteiger partial charge on any atom is 0.410 e. The molecule has 2 unspecified atom stereocenters. The predicted molar refractivity (Wildman–Crippen MR) is 60.1 cm³/mol. The van der Waals surface area contributed by atoms with Gasteiger partial charge in [0.2, 0.25) is 0 Å². The third-order valence-electron chi connectivity index (χ3n) is 3.53. The number of aliphatic hydroxyl groups is 1. The molecule has 1 N–H and O–H groups in total. The van der Waals surface area contributed by atoms with Crippen LogP contribution in [-0.4, -0.2) is 40.4 Å². The van der Waals surface area contributed by atoms with Gasteiger partial charge in [0.05, 0.1) is 12.6 Å². The van der Waals surface area contributed by atoms with Gasteiger partial charge in [0.1, 0.15) is 5.60 Å². The lowest BCUT2D eigenvalue weighted by atomic mass is 10.00. The summed E-state index contributed by atoms with van der Waals surface area (Å²) in [4.78, 5) is 13.8. The predicted octanol–water partition coefficient (Wildman–Crippen LogP) is 1.77. The first kappa shape index (κ1) is 11.7. The second-order valence-electron chi connectivity index (χ2n) is 5.86. The molecule has 1 aliphatic carbocycles. The summed E-state index contributed by atoms with van der Waals surface area (Å²) < 4.78 is 5.38. The van der Waals surface area contributed by atoms with Crippen LogP contribution in [0.1, 0.15) is 40.0 Å². The Bertz CT molecular complexity index is 284. The highest BCUT2D eigenvalue weighted by atomic mass is 16.6. The van der Waals surface area contributed by atoms with E-state index >= 15 is 0 Å². The number of hydrogen-bond acceptors (Lipinski definition) is 3. The van der Waals surface area contributed by atoms with Crippen molar-refractivity contribution in [2.75, 3.05) is 6.61 Å².